The average Bonchev–Trinajstić information content (AvgIpc) is 3.45. The Morgan fingerprint density at radius 2 is 1.00 bits per heavy atom. The van der Waals surface area contributed by atoms with E-state index in [9.17, 15) is 5.11 Å². The van der Waals surface area contributed by atoms with Crippen molar-refractivity contribution in [1.29, 1.82) is 0 Å². The third-order valence-corrected chi connectivity index (χ3v) is 7.38. The van der Waals surface area contributed by atoms with E-state index >= 15 is 0 Å². The molecule has 2 aliphatic carbocycles. The molecule has 3 nitrogen and oxygen atoms in total. The van der Waals surface area contributed by atoms with Crippen molar-refractivity contribution in [3.8, 4) is 11.5 Å². The van der Waals surface area contributed by atoms with E-state index in [0.717, 1.165) is 61.2 Å². The number of aliphatic hydroxyl groups is 1. The van der Waals surface area contributed by atoms with E-state index < -0.39 is 6.10 Å². The molecule has 2 saturated carbocycles. The fourth-order valence-electron chi connectivity index (χ4n) is 5.22. The summed E-state index contributed by atoms with van der Waals surface area (Å²) < 4.78 is 12.7. The van der Waals surface area contributed by atoms with Gasteiger partial charge in [0.05, 0.1) is 0 Å². The lowest BCUT2D eigenvalue weighted by molar-refractivity contribution is 0.0718. The molecule has 1 N–H and O–H groups in total. The summed E-state index contributed by atoms with van der Waals surface area (Å²) in [6, 6.07) is 15.9. The second-order valence-corrected chi connectivity index (χ2v) is 9.23. The minimum Gasteiger partial charge on any atom is -0.487 e. The summed E-state index contributed by atoms with van der Waals surface area (Å²) in [5, 5.41) is 10.9. The van der Waals surface area contributed by atoms with Gasteiger partial charge in [0.25, 0.3) is 0 Å². The molecule has 0 radical (unpaired) electrons. The Balaban J connectivity index is 1.41. The normalized spacial score (nSPS) is 19.9. The molecule has 2 aliphatic rings. The summed E-state index contributed by atoms with van der Waals surface area (Å²) in [6.45, 7) is 4.43. The summed E-state index contributed by atoms with van der Waals surface area (Å²) in [7, 11) is 0. The first kappa shape index (κ1) is 21.2. The Morgan fingerprint density at radius 1 is 0.667 bits per heavy atom. The Labute approximate surface area is 181 Å². The van der Waals surface area contributed by atoms with Crippen molar-refractivity contribution in [3.63, 3.8) is 0 Å². The van der Waals surface area contributed by atoms with E-state index in [1.807, 2.05) is 48.5 Å². The molecule has 30 heavy (non-hydrogen) atoms. The van der Waals surface area contributed by atoms with Crippen LogP contribution in [-0.4, -0.2) is 16.3 Å². The Morgan fingerprint density at radius 3 is 1.30 bits per heavy atom. The molecule has 2 aromatic carbocycles. The minimum absolute atomic E-state index is 0.00509. The molecule has 0 unspecified atom stereocenters. The molecule has 0 amide bonds. The SMILES string of the molecule is CCC1(Oc2ccc(C(O)c3ccc(OC4(CC)CCCC4)cc3)cc2)CCCC1. The highest BCUT2D eigenvalue weighted by molar-refractivity contribution is 5.37. The summed E-state index contributed by atoms with van der Waals surface area (Å²) in [5.74, 6) is 1.81. The van der Waals surface area contributed by atoms with Crippen molar-refractivity contribution in [2.24, 2.45) is 0 Å². The second-order valence-electron chi connectivity index (χ2n) is 9.23. The molecule has 0 spiro atoms. The van der Waals surface area contributed by atoms with E-state index in [1.54, 1.807) is 0 Å². The van der Waals surface area contributed by atoms with Crippen LogP contribution in [0.4, 0.5) is 0 Å². The number of ether oxygens (including phenoxy) is 2. The lowest BCUT2D eigenvalue weighted by atomic mass is 9.98. The van der Waals surface area contributed by atoms with Crippen LogP contribution < -0.4 is 9.47 Å². The van der Waals surface area contributed by atoms with Crippen molar-refractivity contribution in [2.75, 3.05) is 0 Å². The average molecular weight is 409 g/mol. The molecule has 0 heterocycles. The van der Waals surface area contributed by atoms with Crippen LogP contribution in [0.25, 0.3) is 0 Å². The maximum atomic E-state index is 10.9. The van der Waals surface area contributed by atoms with Crippen LogP contribution in [0.5, 0.6) is 11.5 Å². The van der Waals surface area contributed by atoms with Crippen LogP contribution in [0.15, 0.2) is 48.5 Å². The third-order valence-electron chi connectivity index (χ3n) is 7.38. The zero-order valence-electron chi connectivity index (χ0n) is 18.5. The van der Waals surface area contributed by atoms with Crippen LogP contribution in [0.2, 0.25) is 0 Å². The van der Waals surface area contributed by atoms with Crippen molar-refractivity contribution in [1.82, 2.24) is 0 Å². The van der Waals surface area contributed by atoms with Crippen LogP contribution in [-0.2, 0) is 0 Å². The molecular formula is C27H36O3. The first-order valence-corrected chi connectivity index (χ1v) is 11.8. The maximum absolute atomic E-state index is 10.9. The molecule has 0 bridgehead atoms. The number of rotatable bonds is 8. The van der Waals surface area contributed by atoms with Gasteiger partial charge in [0.1, 0.15) is 28.8 Å². The predicted octanol–water partition coefficient (Wildman–Crippen LogP) is 6.97. The molecular weight excluding hydrogens is 372 g/mol. The van der Waals surface area contributed by atoms with Crippen LogP contribution in [0.1, 0.15) is 95.3 Å². The van der Waals surface area contributed by atoms with Crippen molar-refractivity contribution in [3.05, 3.63) is 59.7 Å². The van der Waals surface area contributed by atoms with Crippen LogP contribution in [0, 0.1) is 0 Å². The summed E-state index contributed by atoms with van der Waals surface area (Å²) in [5.41, 5.74) is 1.78. The zero-order valence-corrected chi connectivity index (χ0v) is 18.5. The van der Waals surface area contributed by atoms with Gasteiger partial charge >= 0.3 is 0 Å². The lowest BCUT2D eigenvalue weighted by Gasteiger charge is -2.29. The molecule has 0 aromatic heterocycles. The highest BCUT2D eigenvalue weighted by Gasteiger charge is 2.35. The molecule has 0 aliphatic heterocycles. The van der Waals surface area contributed by atoms with Gasteiger partial charge in [-0.05, 0) is 99.6 Å². The largest absolute Gasteiger partial charge is 0.487 e. The standard InChI is InChI=1S/C27H36O3/c1-3-26(17-5-6-18-26)29-23-13-9-21(10-14-23)25(28)22-11-15-24(16-12-22)30-27(4-2)19-7-8-20-27/h9-16,25,28H,3-8,17-20H2,1-2H3. The van der Waals surface area contributed by atoms with Crippen molar-refractivity contribution < 1.29 is 14.6 Å². The van der Waals surface area contributed by atoms with Gasteiger partial charge in [-0.2, -0.15) is 0 Å². The van der Waals surface area contributed by atoms with Gasteiger partial charge in [-0.15, -0.1) is 0 Å². The van der Waals surface area contributed by atoms with Crippen LogP contribution >= 0.6 is 0 Å². The summed E-state index contributed by atoms with van der Waals surface area (Å²) in [6.07, 6.45) is 11.0. The smallest absolute Gasteiger partial charge is 0.120 e. The minimum atomic E-state index is -0.647. The third kappa shape index (κ3) is 4.51. The maximum Gasteiger partial charge on any atom is 0.120 e. The zero-order chi connectivity index (χ0) is 21.0. The Kier molecular flexibility index (Phi) is 6.38. The quantitative estimate of drug-likeness (QED) is 0.512. The van der Waals surface area contributed by atoms with E-state index in [-0.39, 0.29) is 11.2 Å². The van der Waals surface area contributed by atoms with Gasteiger partial charge in [0.2, 0.25) is 0 Å². The molecule has 0 atom stereocenters. The Hall–Kier alpha value is -2.00. The monoisotopic (exact) mass is 408 g/mol. The van der Waals surface area contributed by atoms with Crippen molar-refractivity contribution >= 4 is 0 Å². The van der Waals surface area contributed by atoms with Crippen molar-refractivity contribution in [2.45, 2.75) is 95.4 Å². The molecule has 3 heteroatoms. The molecule has 2 fully saturated rings. The number of hydrogen-bond donors (Lipinski definition) is 1. The van der Waals surface area contributed by atoms with Gasteiger partial charge in [0, 0.05) is 0 Å². The van der Waals surface area contributed by atoms with Gasteiger partial charge in [0.15, 0.2) is 0 Å². The van der Waals surface area contributed by atoms with Gasteiger partial charge in [-0.1, -0.05) is 38.1 Å². The first-order valence-electron chi connectivity index (χ1n) is 11.8. The molecule has 2 aromatic rings. The van der Waals surface area contributed by atoms with Gasteiger partial charge in [-0.3, -0.25) is 0 Å². The fourth-order valence-corrected chi connectivity index (χ4v) is 5.22. The lowest BCUT2D eigenvalue weighted by Crippen LogP contribution is -2.31. The fraction of sp³-hybridized carbons (Fsp3) is 0.556. The van der Waals surface area contributed by atoms with Gasteiger partial charge < -0.3 is 14.6 Å². The van der Waals surface area contributed by atoms with Crippen LogP contribution in [0.3, 0.4) is 0 Å². The number of hydrogen-bond acceptors (Lipinski definition) is 3. The van der Waals surface area contributed by atoms with E-state index in [2.05, 4.69) is 13.8 Å². The molecule has 0 saturated heterocycles. The summed E-state index contributed by atoms with van der Waals surface area (Å²) >= 11 is 0. The molecule has 4 rings (SSSR count). The second kappa shape index (κ2) is 9.01. The highest BCUT2D eigenvalue weighted by Crippen LogP contribution is 2.38. The van der Waals surface area contributed by atoms with E-state index in [1.165, 1.54) is 25.7 Å². The predicted molar refractivity (Wildman–Crippen MR) is 121 cm³/mol. The number of aliphatic hydroxyl groups excluding tert-OH is 1. The number of benzene rings is 2. The topological polar surface area (TPSA) is 38.7 Å². The summed E-state index contributed by atoms with van der Waals surface area (Å²) in [4.78, 5) is 0. The Bertz CT molecular complexity index is 728. The molecule has 162 valence electrons. The van der Waals surface area contributed by atoms with E-state index in [4.69, 9.17) is 9.47 Å². The highest BCUT2D eigenvalue weighted by atomic mass is 16.5. The van der Waals surface area contributed by atoms with E-state index in [0.29, 0.717) is 0 Å². The first-order chi connectivity index (χ1) is 14.6. The van der Waals surface area contributed by atoms with Gasteiger partial charge in [-0.25, -0.2) is 0 Å².